The minimum Gasteiger partial charge on any atom is -0.397 e. The Morgan fingerprint density at radius 1 is 1.38 bits per heavy atom. The normalized spacial score (nSPS) is 11.0. The molecule has 0 radical (unpaired) electrons. The summed E-state index contributed by atoms with van der Waals surface area (Å²) in [6.07, 6.45) is 1.71. The molecule has 0 unspecified atom stereocenters. The summed E-state index contributed by atoms with van der Waals surface area (Å²) < 4.78 is 1.73. The van der Waals surface area contributed by atoms with E-state index in [4.69, 9.17) is 11.5 Å². The van der Waals surface area contributed by atoms with Crippen LogP contribution in [0.2, 0.25) is 0 Å². The average Bonchev–Trinajstić information content (AvgIpc) is 2.88. The number of aryl methyl sites for hydroxylation is 2. The number of hydrogen-bond donors (Lipinski definition) is 3. The fraction of sp³-hybridized carbons (Fsp3) is 0.462. The van der Waals surface area contributed by atoms with E-state index in [9.17, 15) is 9.59 Å². The smallest absolute Gasteiger partial charge is 0.263 e. The number of aromatic nitrogens is 2. The van der Waals surface area contributed by atoms with Gasteiger partial charge in [-0.1, -0.05) is 0 Å². The summed E-state index contributed by atoms with van der Waals surface area (Å²) in [6.45, 7) is 2.37. The molecule has 2 amide bonds. The van der Waals surface area contributed by atoms with Crippen LogP contribution >= 0.6 is 11.3 Å². The second-order valence-electron chi connectivity index (χ2n) is 4.91. The number of anilines is 1. The summed E-state index contributed by atoms with van der Waals surface area (Å²) in [5.74, 6) is -0.509. The van der Waals surface area contributed by atoms with Crippen molar-refractivity contribution in [2.45, 2.75) is 26.2 Å². The van der Waals surface area contributed by atoms with Crippen molar-refractivity contribution >= 4 is 39.1 Å². The number of primary amides is 1. The first kappa shape index (κ1) is 15.3. The number of amides is 2. The van der Waals surface area contributed by atoms with Crippen LogP contribution in [0.3, 0.4) is 0 Å². The Morgan fingerprint density at radius 2 is 2.10 bits per heavy atom. The number of thiophene rings is 1. The van der Waals surface area contributed by atoms with E-state index in [0.29, 0.717) is 36.4 Å². The maximum Gasteiger partial charge on any atom is 0.263 e. The maximum absolute atomic E-state index is 12.2. The van der Waals surface area contributed by atoms with E-state index in [1.165, 1.54) is 11.3 Å². The first-order chi connectivity index (χ1) is 9.91. The number of hydrogen-bond acceptors (Lipinski definition) is 5. The highest BCUT2D eigenvalue weighted by molar-refractivity contribution is 7.21. The van der Waals surface area contributed by atoms with Crippen LogP contribution in [-0.4, -0.2) is 28.1 Å². The van der Waals surface area contributed by atoms with Gasteiger partial charge < -0.3 is 16.8 Å². The molecule has 0 bridgehead atoms. The molecule has 0 fully saturated rings. The predicted octanol–water partition coefficient (Wildman–Crippen LogP) is 0.911. The van der Waals surface area contributed by atoms with Crippen molar-refractivity contribution < 1.29 is 9.59 Å². The van der Waals surface area contributed by atoms with E-state index < -0.39 is 0 Å². The average molecular weight is 309 g/mol. The van der Waals surface area contributed by atoms with Gasteiger partial charge in [-0.05, 0) is 19.8 Å². The Labute approximate surface area is 126 Å². The van der Waals surface area contributed by atoms with Crippen LogP contribution in [0.15, 0.2) is 0 Å². The summed E-state index contributed by atoms with van der Waals surface area (Å²) >= 11 is 1.34. The second kappa shape index (κ2) is 6.13. The lowest BCUT2D eigenvalue weighted by atomic mass is 10.2. The van der Waals surface area contributed by atoms with Gasteiger partial charge in [0, 0.05) is 20.0 Å². The van der Waals surface area contributed by atoms with Gasteiger partial charge in [-0.15, -0.1) is 11.3 Å². The third-order valence-corrected chi connectivity index (χ3v) is 4.50. The maximum atomic E-state index is 12.2. The molecule has 0 aliphatic heterocycles. The second-order valence-corrected chi connectivity index (χ2v) is 5.91. The van der Waals surface area contributed by atoms with Gasteiger partial charge in [0.25, 0.3) is 5.91 Å². The zero-order valence-corrected chi connectivity index (χ0v) is 12.9. The number of rotatable bonds is 6. The molecule has 2 rings (SSSR count). The molecule has 5 N–H and O–H groups in total. The number of carbonyl (C=O) groups is 2. The number of nitrogen functional groups attached to an aromatic ring is 1. The summed E-state index contributed by atoms with van der Waals surface area (Å²) in [6, 6.07) is 0. The molecule has 21 heavy (non-hydrogen) atoms. The van der Waals surface area contributed by atoms with Gasteiger partial charge in [0.15, 0.2) is 0 Å². The lowest BCUT2D eigenvalue weighted by Crippen LogP contribution is -2.24. The van der Waals surface area contributed by atoms with Crippen LogP contribution in [0.1, 0.15) is 34.6 Å². The van der Waals surface area contributed by atoms with Gasteiger partial charge >= 0.3 is 0 Å². The summed E-state index contributed by atoms with van der Waals surface area (Å²) in [5, 5.41) is 7.95. The SMILES string of the molecule is Cc1nn(C)c2sc(C(=O)NCCCCC(N)=O)c(N)c12. The first-order valence-corrected chi connectivity index (χ1v) is 7.51. The minimum absolute atomic E-state index is 0.188. The number of unbranched alkanes of at least 4 members (excludes halogenated alkanes) is 1. The molecule has 0 aliphatic rings. The lowest BCUT2D eigenvalue weighted by molar-refractivity contribution is -0.118. The van der Waals surface area contributed by atoms with Crippen molar-refractivity contribution in [2.24, 2.45) is 12.8 Å². The van der Waals surface area contributed by atoms with Crippen LogP contribution < -0.4 is 16.8 Å². The number of nitrogens with zero attached hydrogens (tertiary/aromatic N) is 2. The third-order valence-electron chi connectivity index (χ3n) is 3.22. The Morgan fingerprint density at radius 3 is 2.71 bits per heavy atom. The number of fused-ring (bicyclic) bond motifs is 1. The number of nitrogens with two attached hydrogens (primary N) is 2. The molecule has 0 aliphatic carbocycles. The molecule has 0 atom stereocenters. The minimum atomic E-state index is -0.321. The van der Waals surface area contributed by atoms with Crippen molar-refractivity contribution in [3.63, 3.8) is 0 Å². The molecule has 0 aromatic carbocycles. The van der Waals surface area contributed by atoms with Crippen LogP contribution in [0.5, 0.6) is 0 Å². The monoisotopic (exact) mass is 309 g/mol. The Bertz CT molecular complexity index is 688. The molecule has 8 heteroatoms. The molecule has 7 nitrogen and oxygen atoms in total. The molecular weight excluding hydrogens is 290 g/mol. The van der Waals surface area contributed by atoms with Crippen LogP contribution in [0.25, 0.3) is 10.2 Å². The van der Waals surface area contributed by atoms with E-state index in [1.807, 2.05) is 14.0 Å². The Kier molecular flexibility index (Phi) is 4.46. The molecule has 114 valence electrons. The van der Waals surface area contributed by atoms with E-state index in [-0.39, 0.29) is 11.8 Å². The van der Waals surface area contributed by atoms with Crippen molar-refractivity contribution in [2.75, 3.05) is 12.3 Å². The van der Waals surface area contributed by atoms with Crippen molar-refractivity contribution in [1.82, 2.24) is 15.1 Å². The zero-order chi connectivity index (χ0) is 15.6. The summed E-state index contributed by atoms with van der Waals surface area (Å²) in [5.41, 5.74) is 12.4. The topological polar surface area (TPSA) is 116 Å². The highest BCUT2D eigenvalue weighted by Crippen LogP contribution is 2.35. The zero-order valence-electron chi connectivity index (χ0n) is 12.1. The Hall–Kier alpha value is -2.09. The molecule has 2 aromatic rings. The van der Waals surface area contributed by atoms with Gasteiger partial charge in [0.05, 0.1) is 16.8 Å². The molecule has 0 saturated carbocycles. The third kappa shape index (κ3) is 3.15. The van der Waals surface area contributed by atoms with Gasteiger partial charge in [-0.3, -0.25) is 14.3 Å². The van der Waals surface area contributed by atoms with E-state index >= 15 is 0 Å². The quantitative estimate of drug-likeness (QED) is 0.688. The standard InChI is InChI=1S/C13H19N5O2S/c1-7-9-10(15)11(21-13(9)18(2)17-7)12(20)16-6-4-3-5-8(14)19/h3-6,15H2,1-2H3,(H2,14,19)(H,16,20). The highest BCUT2D eigenvalue weighted by Gasteiger charge is 2.20. The lowest BCUT2D eigenvalue weighted by Gasteiger charge is -2.04. The van der Waals surface area contributed by atoms with Crippen LogP contribution in [-0.2, 0) is 11.8 Å². The molecule has 2 heterocycles. The Balaban J connectivity index is 2.01. The van der Waals surface area contributed by atoms with Gasteiger partial charge in [-0.25, -0.2) is 0 Å². The molecule has 2 aromatic heterocycles. The van der Waals surface area contributed by atoms with E-state index in [2.05, 4.69) is 10.4 Å². The van der Waals surface area contributed by atoms with Gasteiger partial charge in [0.1, 0.15) is 9.71 Å². The first-order valence-electron chi connectivity index (χ1n) is 6.70. The van der Waals surface area contributed by atoms with E-state index in [0.717, 1.165) is 15.9 Å². The summed E-state index contributed by atoms with van der Waals surface area (Å²) in [7, 11) is 1.83. The molecule has 0 spiro atoms. The van der Waals surface area contributed by atoms with Gasteiger partial charge in [-0.2, -0.15) is 5.10 Å². The molecule has 0 saturated heterocycles. The van der Waals surface area contributed by atoms with Crippen molar-refractivity contribution in [3.8, 4) is 0 Å². The highest BCUT2D eigenvalue weighted by atomic mass is 32.1. The van der Waals surface area contributed by atoms with Crippen molar-refractivity contribution in [1.29, 1.82) is 0 Å². The summed E-state index contributed by atoms with van der Waals surface area (Å²) in [4.78, 5) is 24.2. The fourth-order valence-electron chi connectivity index (χ4n) is 2.20. The number of nitrogens with one attached hydrogen (secondary N) is 1. The number of carbonyl (C=O) groups excluding carboxylic acids is 2. The molecular formula is C13H19N5O2S. The van der Waals surface area contributed by atoms with E-state index in [1.54, 1.807) is 4.68 Å². The van der Waals surface area contributed by atoms with Gasteiger partial charge in [0.2, 0.25) is 5.91 Å². The van der Waals surface area contributed by atoms with Crippen molar-refractivity contribution in [3.05, 3.63) is 10.6 Å². The largest absolute Gasteiger partial charge is 0.397 e. The predicted molar refractivity (Wildman–Crippen MR) is 83.1 cm³/mol. The fourth-order valence-corrected chi connectivity index (χ4v) is 3.31. The van der Waals surface area contributed by atoms with Crippen LogP contribution in [0.4, 0.5) is 5.69 Å². The van der Waals surface area contributed by atoms with Crippen LogP contribution in [0, 0.1) is 6.92 Å².